The van der Waals surface area contributed by atoms with Gasteiger partial charge >= 0.3 is 0 Å². The first kappa shape index (κ1) is 32.2. The molecule has 1 saturated heterocycles. The predicted octanol–water partition coefficient (Wildman–Crippen LogP) is 5.50. The van der Waals surface area contributed by atoms with Crippen molar-refractivity contribution < 1.29 is 9.53 Å². The Morgan fingerprint density at radius 1 is 1.06 bits per heavy atom. The zero-order chi connectivity index (χ0) is 32.9. The normalized spacial score (nSPS) is 15.5. The molecule has 3 aromatic heterocycles. The van der Waals surface area contributed by atoms with E-state index in [0.717, 1.165) is 65.6 Å². The second kappa shape index (κ2) is 14.3. The summed E-state index contributed by atoms with van der Waals surface area (Å²) in [5, 5.41) is 7.79. The summed E-state index contributed by atoms with van der Waals surface area (Å²) in [5.74, 6) is 6.68. The third-order valence-corrected chi connectivity index (χ3v) is 9.07. The van der Waals surface area contributed by atoms with Gasteiger partial charge in [0.05, 0.1) is 36.9 Å². The van der Waals surface area contributed by atoms with Gasteiger partial charge in [0, 0.05) is 69.3 Å². The average Bonchev–Trinajstić information content (AvgIpc) is 3.70. The predicted molar refractivity (Wildman–Crippen MR) is 186 cm³/mol. The van der Waals surface area contributed by atoms with Gasteiger partial charge in [-0.05, 0) is 74.2 Å². The number of fused-ring (bicyclic) bond motifs is 1. The number of aryl methyl sites for hydroxylation is 2. The molecule has 1 aliphatic rings. The fourth-order valence-corrected chi connectivity index (χ4v) is 5.99. The second-order valence-corrected chi connectivity index (χ2v) is 12.6. The van der Waals surface area contributed by atoms with Crippen LogP contribution in [0, 0.1) is 25.7 Å². The van der Waals surface area contributed by atoms with Gasteiger partial charge < -0.3 is 15.0 Å². The maximum absolute atomic E-state index is 13.4. The van der Waals surface area contributed by atoms with Crippen LogP contribution in [0.25, 0.3) is 5.65 Å². The van der Waals surface area contributed by atoms with Gasteiger partial charge in [0.15, 0.2) is 11.4 Å². The van der Waals surface area contributed by atoms with Gasteiger partial charge in [-0.1, -0.05) is 36.3 Å². The van der Waals surface area contributed by atoms with Crippen molar-refractivity contribution in [3.05, 3.63) is 112 Å². The topological polar surface area (TPSA) is 79.9 Å². The van der Waals surface area contributed by atoms with Crippen LogP contribution in [0.15, 0.2) is 73.3 Å². The Balaban J connectivity index is 1.14. The van der Waals surface area contributed by atoms with Gasteiger partial charge in [-0.3, -0.25) is 18.8 Å². The molecule has 0 saturated carbocycles. The quantitative estimate of drug-likeness (QED) is 0.162. The number of ketones is 1. The number of imidazole rings is 1. The zero-order valence-electron chi connectivity index (χ0n) is 28.0. The summed E-state index contributed by atoms with van der Waals surface area (Å²) in [6, 6.07) is 16.8. The number of rotatable bonds is 10. The van der Waals surface area contributed by atoms with E-state index in [2.05, 4.69) is 76.1 Å². The maximum Gasteiger partial charge on any atom is 0.167 e. The molecular formula is C38H43N7O2. The van der Waals surface area contributed by atoms with Crippen molar-refractivity contribution in [2.45, 2.75) is 46.3 Å². The van der Waals surface area contributed by atoms with Crippen molar-refractivity contribution in [1.82, 2.24) is 29.0 Å². The molecule has 4 heterocycles. The van der Waals surface area contributed by atoms with Crippen LogP contribution in [0.2, 0.25) is 0 Å². The van der Waals surface area contributed by atoms with E-state index in [4.69, 9.17) is 4.74 Å². The molecule has 0 aliphatic carbocycles. The van der Waals surface area contributed by atoms with Crippen LogP contribution in [0.1, 0.15) is 50.8 Å². The number of hydrogen-bond donors (Lipinski definition) is 1. The van der Waals surface area contributed by atoms with Crippen LogP contribution in [-0.2, 0) is 24.2 Å². The van der Waals surface area contributed by atoms with Gasteiger partial charge in [-0.2, -0.15) is 5.10 Å². The largest absolute Gasteiger partial charge is 0.383 e. The number of nitrogens with one attached hydrogen (secondary N) is 1. The number of likely N-dealkylation sites (N-methyl/N-ethyl adjacent to an activating group) is 1. The Morgan fingerprint density at radius 3 is 2.74 bits per heavy atom. The van der Waals surface area contributed by atoms with E-state index >= 15 is 0 Å². The van der Waals surface area contributed by atoms with Crippen LogP contribution in [0.3, 0.4) is 0 Å². The Labute approximate surface area is 277 Å². The van der Waals surface area contributed by atoms with E-state index in [1.807, 2.05) is 58.7 Å². The molecule has 1 atom stereocenters. The maximum atomic E-state index is 13.4. The number of methoxy groups -OCH3 is 1. The van der Waals surface area contributed by atoms with Gasteiger partial charge in [0.1, 0.15) is 5.69 Å². The molecular weight excluding hydrogens is 586 g/mol. The number of anilines is 2. The smallest absolute Gasteiger partial charge is 0.167 e. The summed E-state index contributed by atoms with van der Waals surface area (Å²) in [6.45, 7) is 11.9. The van der Waals surface area contributed by atoms with Gasteiger partial charge in [-0.15, -0.1) is 0 Å². The fraction of sp³-hybridized carbons (Fsp3) is 0.342. The van der Waals surface area contributed by atoms with E-state index in [1.165, 1.54) is 11.1 Å². The average molecular weight is 630 g/mol. The summed E-state index contributed by atoms with van der Waals surface area (Å²) in [6.07, 6.45) is 7.81. The van der Waals surface area contributed by atoms with E-state index in [1.54, 1.807) is 19.5 Å². The van der Waals surface area contributed by atoms with E-state index in [-0.39, 0.29) is 5.78 Å². The van der Waals surface area contributed by atoms with E-state index < -0.39 is 0 Å². The monoisotopic (exact) mass is 629 g/mol. The summed E-state index contributed by atoms with van der Waals surface area (Å²) < 4.78 is 8.94. The Bertz CT molecular complexity index is 1950. The zero-order valence-corrected chi connectivity index (χ0v) is 28.0. The minimum atomic E-state index is 0.0872. The number of carbonyl (C=O) groups is 1. The number of Topliss-reactive ketones (excluding diaryl/α,β-unsaturated/α-hetero) is 1. The van der Waals surface area contributed by atoms with Crippen molar-refractivity contribution in [3.8, 4) is 11.8 Å². The van der Waals surface area contributed by atoms with Gasteiger partial charge in [-0.25, -0.2) is 4.98 Å². The Kier molecular flexibility index (Phi) is 9.83. The molecule has 6 rings (SSSR count). The van der Waals surface area contributed by atoms with E-state index in [0.29, 0.717) is 31.2 Å². The van der Waals surface area contributed by atoms with Crippen LogP contribution >= 0.6 is 0 Å². The Morgan fingerprint density at radius 2 is 1.94 bits per heavy atom. The molecule has 1 aliphatic heterocycles. The number of piperazine rings is 1. The highest BCUT2D eigenvalue weighted by molar-refractivity contribution is 5.98. The molecule has 1 N–H and O–H groups in total. The summed E-state index contributed by atoms with van der Waals surface area (Å²) in [7, 11) is 3.87. The van der Waals surface area contributed by atoms with Crippen molar-refractivity contribution in [3.63, 3.8) is 0 Å². The standard InChI is InChI=1S/C38H43N7O2/c1-27-8-10-32(37(46)20-30-9-11-33(28(2)19-30)25-43-16-15-42(4)29(3)24-43)21-31(27)12-13-35-23-39-38-36(7-6-14-45(35)38)41-34-22-40-44(26-34)17-18-47-5/h6-11,14,19,21-23,26,29,41H,15-18,20,24-25H2,1-5H3/t29-/m1/s1. The van der Waals surface area contributed by atoms with Crippen LogP contribution in [0.4, 0.5) is 11.4 Å². The van der Waals surface area contributed by atoms with Gasteiger partial charge in [0.2, 0.25) is 0 Å². The first-order valence-corrected chi connectivity index (χ1v) is 16.2. The Hall–Kier alpha value is -4.75. The fourth-order valence-electron chi connectivity index (χ4n) is 5.99. The molecule has 5 aromatic rings. The van der Waals surface area contributed by atoms with Crippen LogP contribution in [-0.4, -0.2) is 81.2 Å². The van der Waals surface area contributed by atoms with Crippen molar-refractivity contribution in [2.75, 3.05) is 45.7 Å². The van der Waals surface area contributed by atoms with E-state index in [9.17, 15) is 4.79 Å². The number of nitrogens with zero attached hydrogens (tertiary/aromatic N) is 6. The number of ether oxygens (including phenoxy) is 1. The first-order chi connectivity index (χ1) is 22.8. The second-order valence-electron chi connectivity index (χ2n) is 12.6. The first-order valence-electron chi connectivity index (χ1n) is 16.2. The van der Waals surface area contributed by atoms with Crippen LogP contribution in [0.5, 0.6) is 0 Å². The number of pyridine rings is 1. The third-order valence-electron chi connectivity index (χ3n) is 9.07. The molecule has 9 heteroatoms. The highest BCUT2D eigenvalue weighted by Crippen LogP contribution is 2.22. The number of hydrogen-bond acceptors (Lipinski definition) is 7. The lowest BCUT2D eigenvalue weighted by atomic mass is 9.96. The summed E-state index contributed by atoms with van der Waals surface area (Å²) in [5.41, 5.74) is 9.37. The minimum absolute atomic E-state index is 0.0872. The molecule has 1 fully saturated rings. The van der Waals surface area contributed by atoms with Crippen LogP contribution < -0.4 is 5.32 Å². The SMILES string of the molecule is COCCn1cc(Nc2cccn3c(C#Cc4cc(C(=O)Cc5ccc(CN6CCN(C)[C@H](C)C6)c(C)c5)ccc4C)cnc23)cn1. The number of benzene rings is 2. The third kappa shape index (κ3) is 7.63. The minimum Gasteiger partial charge on any atom is -0.383 e. The number of carbonyl (C=O) groups excluding carboxylic acids is 1. The molecule has 2 aromatic carbocycles. The lowest BCUT2D eigenvalue weighted by Crippen LogP contribution is -2.49. The molecule has 0 bridgehead atoms. The van der Waals surface area contributed by atoms with Gasteiger partial charge in [0.25, 0.3) is 0 Å². The molecule has 242 valence electrons. The molecule has 0 unspecified atom stereocenters. The lowest BCUT2D eigenvalue weighted by molar-refractivity contribution is 0.0991. The highest BCUT2D eigenvalue weighted by Gasteiger charge is 2.21. The lowest BCUT2D eigenvalue weighted by Gasteiger charge is -2.37. The summed E-state index contributed by atoms with van der Waals surface area (Å²) >= 11 is 0. The van der Waals surface area contributed by atoms with Crippen molar-refractivity contribution >= 4 is 22.8 Å². The number of aromatic nitrogens is 4. The highest BCUT2D eigenvalue weighted by atomic mass is 16.5. The summed E-state index contributed by atoms with van der Waals surface area (Å²) in [4.78, 5) is 23.0. The van der Waals surface area contributed by atoms with Crippen molar-refractivity contribution in [1.29, 1.82) is 0 Å². The molecule has 0 amide bonds. The molecule has 47 heavy (non-hydrogen) atoms. The molecule has 0 spiro atoms. The molecule has 9 nitrogen and oxygen atoms in total. The van der Waals surface area contributed by atoms with Crippen molar-refractivity contribution in [2.24, 2.45) is 0 Å². The molecule has 0 radical (unpaired) electrons.